The zero-order valence-corrected chi connectivity index (χ0v) is 19.5. The molecule has 2 aromatic carbocycles. The molecule has 1 fully saturated rings. The van der Waals surface area contributed by atoms with Crippen LogP contribution in [0.4, 0.5) is 0 Å². The first-order chi connectivity index (χ1) is 14.9. The van der Waals surface area contributed by atoms with Gasteiger partial charge >= 0.3 is 0 Å². The molecule has 0 bridgehead atoms. The topological polar surface area (TPSA) is 82.5 Å². The average molecular weight is 502 g/mol. The number of amides is 2. The van der Waals surface area contributed by atoms with Gasteiger partial charge in [0.1, 0.15) is 11.1 Å². The summed E-state index contributed by atoms with van der Waals surface area (Å²) in [6.07, 6.45) is 0.103. The molecule has 1 aliphatic rings. The van der Waals surface area contributed by atoms with E-state index >= 15 is 0 Å². The number of carbonyl (C=O) groups excluding carboxylic acids is 2. The first-order valence-electron chi connectivity index (χ1n) is 10.3. The Kier molecular flexibility index (Phi) is 6.69. The number of aliphatic hydroxyl groups is 1. The fraction of sp³-hybridized carbons (Fsp3) is 0.348. The number of halogens is 1. The minimum Gasteiger partial charge on any atom is -0.383 e. The lowest BCUT2D eigenvalue weighted by Crippen LogP contribution is -2.40. The number of rotatable bonds is 6. The molecule has 3 atom stereocenters. The van der Waals surface area contributed by atoms with E-state index in [0.29, 0.717) is 6.54 Å². The molecule has 3 aromatic rings. The van der Waals surface area contributed by atoms with Crippen molar-refractivity contribution >= 4 is 49.3 Å². The van der Waals surface area contributed by atoms with E-state index in [0.717, 1.165) is 38.1 Å². The van der Waals surface area contributed by atoms with Crippen molar-refractivity contribution in [3.05, 3.63) is 63.6 Å². The van der Waals surface area contributed by atoms with Crippen LogP contribution in [0.25, 0.3) is 10.2 Å². The highest BCUT2D eigenvalue weighted by atomic mass is 79.9. The third-order valence-electron chi connectivity index (χ3n) is 5.57. The molecule has 6 nitrogen and oxygen atoms in total. The van der Waals surface area contributed by atoms with Gasteiger partial charge in [-0.1, -0.05) is 40.2 Å². The van der Waals surface area contributed by atoms with Gasteiger partial charge < -0.3 is 15.3 Å². The van der Waals surface area contributed by atoms with E-state index in [-0.39, 0.29) is 24.4 Å². The Labute approximate surface area is 193 Å². The molecule has 1 saturated heterocycles. The third kappa shape index (κ3) is 4.97. The second-order valence-electron chi connectivity index (χ2n) is 7.77. The molecule has 0 radical (unpaired) electrons. The first-order valence-corrected chi connectivity index (χ1v) is 11.9. The minimum atomic E-state index is -1.39. The van der Waals surface area contributed by atoms with E-state index in [1.165, 1.54) is 0 Å². The van der Waals surface area contributed by atoms with E-state index in [1.54, 1.807) is 16.2 Å². The Morgan fingerprint density at radius 1 is 1.26 bits per heavy atom. The predicted molar refractivity (Wildman–Crippen MR) is 125 cm³/mol. The third-order valence-corrected chi connectivity index (χ3v) is 7.23. The monoisotopic (exact) mass is 501 g/mol. The standard InChI is InChI=1S/C23H24BrN3O3S/c1-14(15-8-10-16(24)11-9-15)25-22(30)19(28)13-21(29)27-12-4-6-18(27)23-26-17-5-2-3-7-20(17)31-23/h2-3,5,7-11,14,18-19,28H,4,6,12-13H2,1H3,(H,25,30)/t14-,18?,19+/m0/s1. The quantitative estimate of drug-likeness (QED) is 0.525. The van der Waals surface area contributed by atoms with Gasteiger partial charge in [-0.2, -0.15) is 0 Å². The molecule has 2 heterocycles. The molecule has 1 aromatic heterocycles. The lowest BCUT2D eigenvalue weighted by atomic mass is 10.1. The Balaban J connectivity index is 1.38. The molecule has 0 spiro atoms. The number of carbonyl (C=O) groups is 2. The Bertz CT molecular complexity index is 1050. The zero-order valence-electron chi connectivity index (χ0n) is 17.1. The van der Waals surface area contributed by atoms with Crippen LogP contribution in [0.2, 0.25) is 0 Å². The van der Waals surface area contributed by atoms with Gasteiger partial charge in [0.2, 0.25) is 11.8 Å². The number of aromatic nitrogens is 1. The van der Waals surface area contributed by atoms with Gasteiger partial charge in [-0.25, -0.2) is 4.98 Å². The first kappa shape index (κ1) is 21.9. The van der Waals surface area contributed by atoms with E-state index < -0.39 is 12.0 Å². The molecule has 162 valence electrons. The summed E-state index contributed by atoms with van der Waals surface area (Å²) in [5.41, 5.74) is 1.86. The summed E-state index contributed by atoms with van der Waals surface area (Å²) in [7, 11) is 0. The van der Waals surface area contributed by atoms with E-state index in [4.69, 9.17) is 4.98 Å². The summed E-state index contributed by atoms with van der Waals surface area (Å²) < 4.78 is 2.05. The molecule has 4 rings (SSSR count). The highest BCUT2D eigenvalue weighted by Gasteiger charge is 2.34. The number of aliphatic hydroxyl groups excluding tert-OH is 1. The van der Waals surface area contributed by atoms with Crippen LogP contribution in [-0.2, 0) is 9.59 Å². The summed E-state index contributed by atoms with van der Waals surface area (Å²) in [5.74, 6) is -0.764. The van der Waals surface area contributed by atoms with Crippen molar-refractivity contribution in [2.45, 2.75) is 44.4 Å². The molecule has 2 amide bonds. The summed E-state index contributed by atoms with van der Waals surface area (Å²) in [6, 6.07) is 15.2. The van der Waals surface area contributed by atoms with Gasteiger partial charge in [0.25, 0.3) is 0 Å². The SMILES string of the molecule is C[C@H](NC(=O)[C@H](O)CC(=O)N1CCCC1c1nc2ccccc2s1)c1ccc(Br)cc1. The van der Waals surface area contributed by atoms with Crippen LogP contribution >= 0.6 is 27.3 Å². The van der Waals surface area contributed by atoms with E-state index in [2.05, 4.69) is 21.2 Å². The molecule has 8 heteroatoms. The summed E-state index contributed by atoms with van der Waals surface area (Å²) in [6.45, 7) is 2.46. The van der Waals surface area contributed by atoms with Crippen molar-refractivity contribution in [2.24, 2.45) is 0 Å². The number of nitrogens with zero attached hydrogens (tertiary/aromatic N) is 2. The van der Waals surface area contributed by atoms with Crippen LogP contribution in [0, 0.1) is 0 Å². The second-order valence-corrected chi connectivity index (χ2v) is 9.74. The van der Waals surface area contributed by atoms with E-state index in [9.17, 15) is 14.7 Å². The summed E-state index contributed by atoms with van der Waals surface area (Å²) in [4.78, 5) is 31.8. The van der Waals surface area contributed by atoms with Gasteiger partial charge in [0.15, 0.2) is 0 Å². The number of hydrogen-bond donors (Lipinski definition) is 2. The van der Waals surface area contributed by atoms with Crippen LogP contribution in [-0.4, -0.2) is 39.5 Å². The zero-order chi connectivity index (χ0) is 22.0. The highest BCUT2D eigenvalue weighted by Crippen LogP contribution is 2.36. The maximum Gasteiger partial charge on any atom is 0.249 e. The summed E-state index contributed by atoms with van der Waals surface area (Å²) in [5, 5.41) is 14.1. The average Bonchev–Trinajstić information content (AvgIpc) is 3.40. The number of benzene rings is 2. The van der Waals surface area contributed by atoms with Crippen molar-refractivity contribution in [2.75, 3.05) is 6.54 Å². The fourth-order valence-corrected chi connectivity index (χ4v) is 5.25. The van der Waals surface area contributed by atoms with Gasteiger partial charge in [-0.15, -0.1) is 11.3 Å². The predicted octanol–water partition coefficient (Wildman–Crippen LogP) is 4.35. The number of hydrogen-bond acceptors (Lipinski definition) is 5. The second kappa shape index (κ2) is 9.46. The largest absolute Gasteiger partial charge is 0.383 e. The molecule has 1 unspecified atom stereocenters. The van der Waals surface area contributed by atoms with Crippen LogP contribution < -0.4 is 5.32 Å². The fourth-order valence-electron chi connectivity index (χ4n) is 3.87. The number of thiazole rings is 1. The number of para-hydroxylation sites is 1. The smallest absolute Gasteiger partial charge is 0.249 e. The lowest BCUT2D eigenvalue weighted by Gasteiger charge is -2.24. The van der Waals surface area contributed by atoms with Gasteiger partial charge in [0.05, 0.1) is 28.7 Å². The normalized spacial score (nSPS) is 18.2. The molecular weight excluding hydrogens is 478 g/mol. The summed E-state index contributed by atoms with van der Waals surface area (Å²) >= 11 is 4.98. The highest BCUT2D eigenvalue weighted by molar-refractivity contribution is 9.10. The lowest BCUT2D eigenvalue weighted by molar-refractivity contribution is -0.140. The molecular formula is C23H24BrN3O3S. The van der Waals surface area contributed by atoms with Crippen LogP contribution in [0.15, 0.2) is 53.0 Å². The Morgan fingerprint density at radius 2 is 2.00 bits per heavy atom. The van der Waals surface area contributed by atoms with E-state index in [1.807, 2.05) is 55.5 Å². The maximum absolute atomic E-state index is 12.9. The van der Waals surface area contributed by atoms with Crippen LogP contribution in [0.1, 0.15) is 48.8 Å². The molecule has 2 N–H and O–H groups in total. The number of likely N-dealkylation sites (tertiary alicyclic amines) is 1. The minimum absolute atomic E-state index is 0.0955. The van der Waals surface area contributed by atoms with Crippen molar-refractivity contribution in [3.8, 4) is 0 Å². The van der Waals surface area contributed by atoms with Crippen molar-refractivity contribution in [3.63, 3.8) is 0 Å². The number of nitrogens with one attached hydrogen (secondary N) is 1. The number of fused-ring (bicyclic) bond motifs is 1. The van der Waals surface area contributed by atoms with Crippen molar-refractivity contribution in [1.29, 1.82) is 0 Å². The molecule has 0 aliphatic carbocycles. The van der Waals surface area contributed by atoms with Gasteiger partial charge in [0, 0.05) is 11.0 Å². The van der Waals surface area contributed by atoms with Crippen LogP contribution in [0.3, 0.4) is 0 Å². The van der Waals surface area contributed by atoms with Crippen LogP contribution in [0.5, 0.6) is 0 Å². The van der Waals surface area contributed by atoms with Gasteiger partial charge in [-0.3, -0.25) is 9.59 Å². The van der Waals surface area contributed by atoms with Gasteiger partial charge in [-0.05, 0) is 49.6 Å². The van der Waals surface area contributed by atoms with Crippen molar-refractivity contribution in [1.82, 2.24) is 15.2 Å². The molecule has 1 aliphatic heterocycles. The Hall–Kier alpha value is -2.29. The molecule has 0 saturated carbocycles. The molecule has 31 heavy (non-hydrogen) atoms. The van der Waals surface area contributed by atoms with Crippen molar-refractivity contribution < 1.29 is 14.7 Å². The maximum atomic E-state index is 12.9. The Morgan fingerprint density at radius 3 is 2.74 bits per heavy atom.